The quantitative estimate of drug-likeness (QED) is 0.325. The second-order valence-electron chi connectivity index (χ2n) is 6.52. The second-order valence-corrected chi connectivity index (χ2v) is 8.76. The lowest BCUT2D eigenvalue weighted by Crippen LogP contribution is -2.11. The first kappa shape index (κ1) is 20.7. The highest BCUT2D eigenvalue weighted by Gasteiger charge is 2.15. The molecular weight excluding hydrogens is 486 g/mol. The first-order chi connectivity index (χ1) is 14.6. The molecule has 0 saturated carbocycles. The molecule has 0 radical (unpaired) electrons. The number of benzene rings is 2. The lowest BCUT2D eigenvalue weighted by atomic mass is 10.2. The number of amides is 1. The summed E-state index contributed by atoms with van der Waals surface area (Å²) < 4.78 is 8.44. The van der Waals surface area contributed by atoms with Crippen molar-refractivity contribution in [2.24, 2.45) is 0 Å². The van der Waals surface area contributed by atoms with E-state index in [1.165, 1.54) is 11.3 Å². The smallest absolute Gasteiger partial charge is 0.266 e. The number of nitrogens with one attached hydrogen (secondary N) is 1. The third-order valence-electron chi connectivity index (χ3n) is 4.23. The Kier molecular flexibility index (Phi) is 6.52. The van der Waals surface area contributed by atoms with Crippen molar-refractivity contribution in [3.63, 3.8) is 0 Å². The number of nitrogens with zero attached hydrogens (tertiary/aromatic N) is 2. The molecule has 5 nitrogen and oxygen atoms in total. The molecule has 0 saturated heterocycles. The maximum atomic E-state index is 12.6. The molecule has 0 aliphatic heterocycles. The molecule has 1 amide bonds. The lowest BCUT2D eigenvalue weighted by Gasteiger charge is -2.03. The predicted octanol–water partition coefficient (Wildman–Crippen LogP) is 6.24. The van der Waals surface area contributed by atoms with Crippen molar-refractivity contribution < 1.29 is 9.53 Å². The number of thiophene rings is 1. The van der Waals surface area contributed by atoms with Crippen molar-refractivity contribution in [2.45, 2.75) is 13.2 Å². The van der Waals surface area contributed by atoms with Crippen molar-refractivity contribution in [2.75, 3.05) is 5.32 Å². The number of hydrogen-bond acceptors (Lipinski definition) is 4. The summed E-state index contributed by atoms with van der Waals surface area (Å²) in [6, 6.07) is 19.3. The molecule has 0 bridgehead atoms. The Bertz CT molecular complexity index is 1140. The van der Waals surface area contributed by atoms with E-state index in [-0.39, 0.29) is 5.91 Å². The van der Waals surface area contributed by atoms with Gasteiger partial charge in [-0.3, -0.25) is 9.48 Å². The minimum Gasteiger partial charge on any atom is -0.489 e. The maximum Gasteiger partial charge on any atom is 0.266 e. The summed E-state index contributed by atoms with van der Waals surface area (Å²) in [4.78, 5) is 13.2. The molecule has 0 atom stereocenters. The van der Waals surface area contributed by atoms with Gasteiger partial charge in [-0.2, -0.15) is 5.10 Å². The number of rotatable bonds is 7. The number of carbonyl (C=O) groups is 1. The predicted molar refractivity (Wildman–Crippen MR) is 124 cm³/mol. The Hall–Kier alpha value is -2.61. The Balaban J connectivity index is 1.37. The zero-order valence-electron chi connectivity index (χ0n) is 15.7. The molecule has 4 rings (SSSR count). The number of aromatic nitrogens is 2. The van der Waals surface area contributed by atoms with Gasteiger partial charge in [0.15, 0.2) is 5.82 Å². The average molecular weight is 503 g/mol. The minimum absolute atomic E-state index is 0.248. The highest BCUT2D eigenvalue weighted by Crippen LogP contribution is 2.23. The zero-order valence-corrected chi connectivity index (χ0v) is 18.9. The van der Waals surface area contributed by atoms with Crippen LogP contribution >= 0.6 is 38.9 Å². The van der Waals surface area contributed by atoms with Crippen LogP contribution in [0.1, 0.15) is 20.8 Å². The molecule has 0 aliphatic carbocycles. The highest BCUT2D eigenvalue weighted by molar-refractivity contribution is 9.10. The van der Waals surface area contributed by atoms with E-state index < -0.39 is 0 Å². The summed E-state index contributed by atoms with van der Waals surface area (Å²) in [6.45, 7) is 0.958. The molecule has 2 heterocycles. The van der Waals surface area contributed by atoms with Crippen LogP contribution in [0.5, 0.6) is 5.75 Å². The molecule has 0 fully saturated rings. The zero-order chi connectivity index (χ0) is 20.9. The van der Waals surface area contributed by atoms with Crippen LogP contribution in [0.4, 0.5) is 5.82 Å². The van der Waals surface area contributed by atoms with E-state index in [4.69, 9.17) is 16.3 Å². The van der Waals surface area contributed by atoms with Gasteiger partial charge in [0.1, 0.15) is 17.4 Å². The Morgan fingerprint density at radius 2 is 1.90 bits per heavy atom. The van der Waals surface area contributed by atoms with Crippen LogP contribution in [0.15, 0.2) is 76.7 Å². The fourth-order valence-electron chi connectivity index (χ4n) is 2.76. The lowest BCUT2D eigenvalue weighted by molar-refractivity contribution is 0.103. The van der Waals surface area contributed by atoms with Gasteiger partial charge in [-0.25, -0.2) is 0 Å². The Morgan fingerprint density at radius 1 is 1.13 bits per heavy atom. The van der Waals surface area contributed by atoms with E-state index in [0.29, 0.717) is 28.9 Å². The van der Waals surface area contributed by atoms with Gasteiger partial charge < -0.3 is 10.1 Å². The summed E-state index contributed by atoms with van der Waals surface area (Å²) in [7, 11) is 0. The van der Waals surface area contributed by atoms with Gasteiger partial charge in [0.2, 0.25) is 0 Å². The maximum absolute atomic E-state index is 12.6. The Morgan fingerprint density at radius 3 is 2.67 bits per heavy atom. The Labute approximate surface area is 191 Å². The third kappa shape index (κ3) is 5.30. The van der Waals surface area contributed by atoms with Crippen LogP contribution < -0.4 is 10.1 Å². The van der Waals surface area contributed by atoms with Crippen LogP contribution in [-0.4, -0.2) is 15.7 Å². The molecular formula is C22H17BrClN3O2S. The molecule has 8 heteroatoms. The standard InChI is InChI=1S/C22H17BrClN3O2S/c23-17-8-6-15(7-9-17)11-27-12-19(24)21(26-27)25-22(28)20-10-16(14-30-20)13-29-18-4-2-1-3-5-18/h1-10,12,14H,11,13H2,(H,25,26,28). The molecule has 152 valence electrons. The summed E-state index contributed by atoms with van der Waals surface area (Å²) in [5, 5.41) is 9.49. The topological polar surface area (TPSA) is 56.2 Å². The normalized spacial score (nSPS) is 10.7. The van der Waals surface area contributed by atoms with Crippen LogP contribution in [0.25, 0.3) is 0 Å². The van der Waals surface area contributed by atoms with Gasteiger partial charge in [-0.05, 0) is 41.3 Å². The molecule has 30 heavy (non-hydrogen) atoms. The van der Waals surface area contributed by atoms with Crippen LogP contribution in [-0.2, 0) is 13.2 Å². The summed E-state index contributed by atoms with van der Waals surface area (Å²) in [5.41, 5.74) is 2.01. The first-order valence-corrected chi connectivity index (χ1v) is 11.2. The summed E-state index contributed by atoms with van der Waals surface area (Å²) >= 11 is 11.0. The molecule has 1 N–H and O–H groups in total. The van der Waals surface area contributed by atoms with Crippen LogP contribution in [0.3, 0.4) is 0 Å². The number of hydrogen-bond donors (Lipinski definition) is 1. The highest BCUT2D eigenvalue weighted by atomic mass is 79.9. The molecule has 0 aliphatic rings. The largest absolute Gasteiger partial charge is 0.489 e. The molecule has 0 unspecified atom stereocenters. The minimum atomic E-state index is -0.248. The van der Waals surface area contributed by atoms with Crippen LogP contribution in [0, 0.1) is 0 Å². The average Bonchev–Trinajstić information content (AvgIpc) is 3.36. The van der Waals surface area contributed by atoms with Crippen molar-refractivity contribution in [1.82, 2.24) is 9.78 Å². The summed E-state index contributed by atoms with van der Waals surface area (Å²) in [5.74, 6) is 0.883. The van der Waals surface area contributed by atoms with Crippen molar-refractivity contribution in [1.29, 1.82) is 0 Å². The number of anilines is 1. The van der Waals surface area contributed by atoms with E-state index in [1.54, 1.807) is 10.9 Å². The number of para-hydroxylation sites is 1. The van der Waals surface area contributed by atoms with Crippen LogP contribution in [0.2, 0.25) is 5.02 Å². The molecule has 2 aromatic carbocycles. The van der Waals surface area contributed by atoms with Gasteiger partial charge in [-0.1, -0.05) is 57.9 Å². The SMILES string of the molecule is O=C(Nc1nn(Cc2ccc(Br)cc2)cc1Cl)c1cc(COc2ccccc2)cs1. The first-order valence-electron chi connectivity index (χ1n) is 9.11. The molecule has 2 aromatic heterocycles. The van der Waals surface area contributed by atoms with E-state index in [0.717, 1.165) is 21.3 Å². The third-order valence-corrected chi connectivity index (χ3v) is 6.02. The second kappa shape index (κ2) is 9.47. The van der Waals surface area contributed by atoms with Crippen molar-refractivity contribution in [3.05, 3.63) is 97.7 Å². The van der Waals surface area contributed by atoms with Gasteiger partial charge in [-0.15, -0.1) is 11.3 Å². The van der Waals surface area contributed by atoms with Crippen molar-refractivity contribution in [3.8, 4) is 5.75 Å². The number of carbonyl (C=O) groups excluding carboxylic acids is 1. The molecule has 0 spiro atoms. The van der Waals surface area contributed by atoms with Gasteiger partial charge in [0.25, 0.3) is 5.91 Å². The molecule has 4 aromatic rings. The van der Waals surface area contributed by atoms with Gasteiger partial charge in [0.05, 0.1) is 11.4 Å². The fraction of sp³-hybridized carbons (Fsp3) is 0.0909. The van der Waals surface area contributed by atoms with E-state index in [2.05, 4.69) is 26.3 Å². The van der Waals surface area contributed by atoms with E-state index in [1.807, 2.05) is 66.0 Å². The van der Waals surface area contributed by atoms with Gasteiger partial charge >= 0.3 is 0 Å². The monoisotopic (exact) mass is 501 g/mol. The van der Waals surface area contributed by atoms with Gasteiger partial charge in [0, 0.05) is 16.2 Å². The number of halogens is 2. The number of ether oxygens (including phenoxy) is 1. The van der Waals surface area contributed by atoms with E-state index >= 15 is 0 Å². The fourth-order valence-corrected chi connectivity index (χ4v) is 4.02. The van der Waals surface area contributed by atoms with Crippen molar-refractivity contribution >= 4 is 50.6 Å². The van der Waals surface area contributed by atoms with E-state index in [9.17, 15) is 4.79 Å². The summed E-state index contributed by atoms with van der Waals surface area (Å²) in [6.07, 6.45) is 1.70.